The molecule has 0 unspecified atom stereocenters. The van der Waals surface area contributed by atoms with Crippen molar-refractivity contribution >= 4 is 11.6 Å². The van der Waals surface area contributed by atoms with Gasteiger partial charge in [-0.3, -0.25) is 0 Å². The summed E-state index contributed by atoms with van der Waals surface area (Å²) in [7, 11) is 0. The number of rotatable bonds is 4. The molecule has 4 heteroatoms. The van der Waals surface area contributed by atoms with Gasteiger partial charge in [0.2, 0.25) is 0 Å². The summed E-state index contributed by atoms with van der Waals surface area (Å²) in [5.74, 6) is 0.484. The van der Waals surface area contributed by atoms with Gasteiger partial charge < -0.3 is 9.84 Å². The molecule has 100 valence electrons. The van der Waals surface area contributed by atoms with E-state index in [0.717, 1.165) is 0 Å². The number of hydrogen-bond acceptors (Lipinski definition) is 2. The van der Waals surface area contributed by atoms with Crippen molar-refractivity contribution in [1.29, 1.82) is 0 Å². The molecule has 0 saturated heterocycles. The van der Waals surface area contributed by atoms with Crippen molar-refractivity contribution in [3.63, 3.8) is 0 Å². The van der Waals surface area contributed by atoms with Crippen LogP contribution in [0.3, 0.4) is 0 Å². The number of para-hydroxylation sites is 1. The standard InChI is InChI=1S/C15H14ClFO2/c1-2-14(18)11-5-3-4-6-15(11)19-10-7-8-13(17)12(16)9-10/h3-9,14,18H,2H2,1H3/t14-/m1/s1. The molecule has 0 aromatic heterocycles. The first kappa shape index (κ1) is 13.8. The van der Waals surface area contributed by atoms with Crippen LogP contribution in [0.25, 0.3) is 0 Å². The van der Waals surface area contributed by atoms with E-state index in [2.05, 4.69) is 0 Å². The average molecular weight is 281 g/mol. The van der Waals surface area contributed by atoms with Gasteiger partial charge in [0.05, 0.1) is 11.1 Å². The van der Waals surface area contributed by atoms with Crippen molar-refractivity contribution in [2.24, 2.45) is 0 Å². The van der Waals surface area contributed by atoms with Crippen molar-refractivity contribution in [2.45, 2.75) is 19.4 Å². The molecule has 0 spiro atoms. The minimum Gasteiger partial charge on any atom is -0.457 e. The van der Waals surface area contributed by atoms with Crippen molar-refractivity contribution in [3.8, 4) is 11.5 Å². The van der Waals surface area contributed by atoms with Gasteiger partial charge in [0.15, 0.2) is 0 Å². The van der Waals surface area contributed by atoms with E-state index in [-0.39, 0.29) is 5.02 Å². The van der Waals surface area contributed by atoms with Gasteiger partial charge in [0, 0.05) is 11.6 Å². The molecule has 2 aromatic carbocycles. The van der Waals surface area contributed by atoms with Gasteiger partial charge in [0.25, 0.3) is 0 Å². The molecule has 2 nitrogen and oxygen atoms in total. The highest BCUT2D eigenvalue weighted by Gasteiger charge is 2.12. The van der Waals surface area contributed by atoms with Crippen molar-refractivity contribution in [2.75, 3.05) is 0 Å². The number of halogens is 2. The lowest BCUT2D eigenvalue weighted by molar-refractivity contribution is 0.170. The lowest BCUT2D eigenvalue weighted by Gasteiger charge is -2.14. The normalized spacial score (nSPS) is 12.2. The third kappa shape index (κ3) is 3.25. The summed E-state index contributed by atoms with van der Waals surface area (Å²) in [5.41, 5.74) is 0.699. The predicted octanol–water partition coefficient (Wildman–Crippen LogP) is 4.71. The topological polar surface area (TPSA) is 29.5 Å². The van der Waals surface area contributed by atoms with E-state index in [1.807, 2.05) is 19.1 Å². The first-order valence-corrected chi connectivity index (χ1v) is 6.39. The Morgan fingerprint density at radius 2 is 2.00 bits per heavy atom. The third-order valence-electron chi connectivity index (χ3n) is 2.78. The molecule has 0 fully saturated rings. The lowest BCUT2D eigenvalue weighted by Crippen LogP contribution is -1.98. The Labute approximate surface area is 116 Å². The molecule has 0 radical (unpaired) electrons. The van der Waals surface area contributed by atoms with Gasteiger partial charge in [-0.25, -0.2) is 4.39 Å². The summed E-state index contributed by atoms with van der Waals surface area (Å²) in [6, 6.07) is 11.4. The summed E-state index contributed by atoms with van der Waals surface area (Å²) >= 11 is 5.71. The molecular formula is C15H14ClFO2. The van der Waals surface area contributed by atoms with E-state index >= 15 is 0 Å². The fourth-order valence-corrected chi connectivity index (χ4v) is 1.91. The van der Waals surface area contributed by atoms with Crippen LogP contribution in [0.2, 0.25) is 5.02 Å². The largest absolute Gasteiger partial charge is 0.457 e. The van der Waals surface area contributed by atoms with Crippen LogP contribution >= 0.6 is 11.6 Å². The van der Waals surface area contributed by atoms with E-state index in [1.54, 1.807) is 12.1 Å². The smallest absolute Gasteiger partial charge is 0.142 e. The van der Waals surface area contributed by atoms with Crippen LogP contribution in [-0.4, -0.2) is 5.11 Å². The van der Waals surface area contributed by atoms with Crippen molar-refractivity contribution in [3.05, 3.63) is 58.9 Å². The minimum atomic E-state index is -0.591. The molecule has 0 aliphatic heterocycles. The predicted molar refractivity (Wildman–Crippen MR) is 73.2 cm³/mol. The highest BCUT2D eigenvalue weighted by atomic mass is 35.5. The average Bonchev–Trinajstić information content (AvgIpc) is 2.43. The Morgan fingerprint density at radius 3 is 2.68 bits per heavy atom. The van der Waals surface area contributed by atoms with E-state index in [0.29, 0.717) is 23.5 Å². The van der Waals surface area contributed by atoms with Crippen LogP contribution in [0.15, 0.2) is 42.5 Å². The number of aliphatic hydroxyl groups excluding tert-OH is 1. The molecule has 0 bridgehead atoms. The van der Waals surface area contributed by atoms with Crippen LogP contribution in [0, 0.1) is 5.82 Å². The molecule has 2 aromatic rings. The molecule has 0 amide bonds. The number of hydrogen-bond donors (Lipinski definition) is 1. The number of benzene rings is 2. The van der Waals surface area contributed by atoms with E-state index in [4.69, 9.17) is 16.3 Å². The van der Waals surface area contributed by atoms with Gasteiger partial charge in [-0.05, 0) is 24.6 Å². The summed E-state index contributed by atoms with van der Waals surface area (Å²) in [5, 5.41) is 9.93. The van der Waals surface area contributed by atoms with Crippen LogP contribution in [0.4, 0.5) is 4.39 Å². The Balaban J connectivity index is 2.30. The summed E-state index contributed by atoms with van der Waals surface area (Å²) in [6.07, 6.45) is -0.00278. The van der Waals surface area contributed by atoms with Crippen LogP contribution in [0.5, 0.6) is 11.5 Å². The second-order valence-electron chi connectivity index (χ2n) is 4.14. The molecular weight excluding hydrogens is 267 g/mol. The van der Waals surface area contributed by atoms with Crippen LogP contribution in [-0.2, 0) is 0 Å². The van der Waals surface area contributed by atoms with Gasteiger partial charge in [-0.2, -0.15) is 0 Å². The third-order valence-corrected chi connectivity index (χ3v) is 3.07. The maximum absolute atomic E-state index is 13.1. The maximum atomic E-state index is 13.1. The Kier molecular flexibility index (Phi) is 4.40. The molecule has 1 N–H and O–H groups in total. The van der Waals surface area contributed by atoms with Gasteiger partial charge in [-0.1, -0.05) is 36.7 Å². The molecule has 2 rings (SSSR count). The summed E-state index contributed by atoms with van der Waals surface area (Å²) in [4.78, 5) is 0. The van der Waals surface area contributed by atoms with E-state index in [9.17, 15) is 9.50 Å². The Bertz CT molecular complexity index is 572. The van der Waals surface area contributed by atoms with Gasteiger partial charge in [0.1, 0.15) is 17.3 Å². The SMILES string of the molecule is CC[C@@H](O)c1ccccc1Oc1ccc(F)c(Cl)c1. The first-order chi connectivity index (χ1) is 9.11. The van der Waals surface area contributed by atoms with Gasteiger partial charge in [-0.15, -0.1) is 0 Å². The van der Waals surface area contributed by atoms with E-state index in [1.165, 1.54) is 18.2 Å². The second kappa shape index (κ2) is 6.04. The second-order valence-corrected chi connectivity index (χ2v) is 4.55. The molecule has 0 aliphatic rings. The quantitative estimate of drug-likeness (QED) is 0.878. The molecule has 1 atom stereocenters. The lowest BCUT2D eigenvalue weighted by atomic mass is 10.1. The van der Waals surface area contributed by atoms with Gasteiger partial charge >= 0.3 is 0 Å². The zero-order valence-electron chi connectivity index (χ0n) is 10.4. The van der Waals surface area contributed by atoms with Crippen molar-refractivity contribution in [1.82, 2.24) is 0 Å². The Morgan fingerprint density at radius 1 is 1.26 bits per heavy atom. The molecule has 0 aliphatic carbocycles. The number of aliphatic hydroxyl groups is 1. The van der Waals surface area contributed by atoms with E-state index < -0.39 is 11.9 Å². The number of ether oxygens (including phenoxy) is 1. The zero-order valence-corrected chi connectivity index (χ0v) is 11.2. The van der Waals surface area contributed by atoms with Crippen LogP contribution in [0.1, 0.15) is 25.0 Å². The molecule has 0 saturated carbocycles. The summed E-state index contributed by atoms with van der Waals surface area (Å²) in [6.45, 7) is 1.89. The fourth-order valence-electron chi connectivity index (χ4n) is 1.74. The monoisotopic (exact) mass is 280 g/mol. The van der Waals surface area contributed by atoms with Crippen molar-refractivity contribution < 1.29 is 14.2 Å². The molecule has 19 heavy (non-hydrogen) atoms. The Hall–Kier alpha value is -1.58. The first-order valence-electron chi connectivity index (χ1n) is 6.01. The maximum Gasteiger partial charge on any atom is 0.142 e. The zero-order chi connectivity index (χ0) is 13.8. The molecule has 0 heterocycles. The highest BCUT2D eigenvalue weighted by molar-refractivity contribution is 6.30. The van der Waals surface area contributed by atoms with Crippen LogP contribution < -0.4 is 4.74 Å². The fraction of sp³-hybridized carbons (Fsp3) is 0.200. The highest BCUT2D eigenvalue weighted by Crippen LogP contribution is 2.32. The summed E-state index contributed by atoms with van der Waals surface area (Å²) < 4.78 is 18.7. The minimum absolute atomic E-state index is 0.00558.